The molecule has 0 spiro atoms. The number of carboxylic acid groups (broad SMARTS) is 1. The lowest BCUT2D eigenvalue weighted by Crippen LogP contribution is -2.57. The van der Waals surface area contributed by atoms with Gasteiger partial charge in [0.25, 0.3) is 0 Å². The third-order valence-corrected chi connectivity index (χ3v) is 9.89. The largest absolute Gasteiger partial charge is 0.481 e. The monoisotopic (exact) mass is 713 g/mol. The van der Waals surface area contributed by atoms with Crippen LogP contribution in [0, 0.1) is 12.3 Å². The minimum Gasteiger partial charge on any atom is -0.481 e. The Morgan fingerprint density at radius 2 is 1.52 bits per heavy atom. The van der Waals surface area contributed by atoms with Crippen LogP contribution in [0.4, 0.5) is 0 Å². The van der Waals surface area contributed by atoms with Gasteiger partial charge in [-0.2, -0.15) is 0 Å². The Kier molecular flexibility index (Phi) is 16.3. The minimum atomic E-state index is -0.860. The van der Waals surface area contributed by atoms with Gasteiger partial charge in [-0.1, -0.05) is 70.7 Å². The van der Waals surface area contributed by atoms with Crippen molar-refractivity contribution in [3.05, 3.63) is 41.0 Å². The van der Waals surface area contributed by atoms with Gasteiger partial charge in [0, 0.05) is 45.3 Å². The van der Waals surface area contributed by atoms with Crippen molar-refractivity contribution in [2.75, 3.05) is 13.1 Å². The van der Waals surface area contributed by atoms with E-state index in [0.717, 1.165) is 53.8 Å². The highest BCUT2D eigenvalue weighted by Gasteiger charge is 2.44. The Hall–Kier alpha value is -3.84. The summed E-state index contributed by atoms with van der Waals surface area (Å²) in [5.74, 6) is -1.79. The van der Waals surface area contributed by atoms with Crippen molar-refractivity contribution in [3.8, 4) is 10.4 Å². The van der Waals surface area contributed by atoms with Crippen molar-refractivity contribution in [3.63, 3.8) is 0 Å². The first-order valence-corrected chi connectivity index (χ1v) is 18.7. The molecule has 0 saturated carbocycles. The Labute approximate surface area is 299 Å². The molecule has 2 heterocycles. The van der Waals surface area contributed by atoms with Crippen LogP contribution in [-0.4, -0.2) is 81.0 Å². The summed E-state index contributed by atoms with van der Waals surface area (Å²) >= 11 is 1.58. The molecule has 2 aromatic rings. The minimum absolute atomic E-state index is 0.0144. The number of aromatic nitrogens is 1. The van der Waals surface area contributed by atoms with E-state index in [1.54, 1.807) is 11.3 Å². The lowest BCUT2D eigenvalue weighted by Gasteiger charge is -2.35. The number of thiazole rings is 1. The van der Waals surface area contributed by atoms with Crippen molar-refractivity contribution >= 4 is 40.9 Å². The van der Waals surface area contributed by atoms with Crippen LogP contribution in [0.25, 0.3) is 10.4 Å². The number of β-amino-alcohol motifs (C(OH)–C–C–N with tert-alkyl or cyclic N) is 1. The van der Waals surface area contributed by atoms with Gasteiger partial charge in [0.1, 0.15) is 12.1 Å². The lowest BCUT2D eigenvalue weighted by molar-refractivity contribution is -0.144. The van der Waals surface area contributed by atoms with Crippen molar-refractivity contribution in [1.29, 1.82) is 0 Å². The third-order valence-electron chi connectivity index (χ3n) is 8.91. The zero-order valence-electron chi connectivity index (χ0n) is 30.0. The van der Waals surface area contributed by atoms with Crippen LogP contribution in [0.15, 0.2) is 29.8 Å². The van der Waals surface area contributed by atoms with E-state index in [1.165, 1.54) is 4.90 Å². The Balaban J connectivity index is 1.39. The van der Waals surface area contributed by atoms with Gasteiger partial charge >= 0.3 is 5.97 Å². The number of hydrogen-bond acceptors (Lipinski definition) is 8. The summed E-state index contributed by atoms with van der Waals surface area (Å²) in [5, 5.41) is 27.8. The number of unbranched alkanes of at least 4 members (excludes halogenated alkanes) is 6. The molecule has 3 atom stereocenters. The molecule has 50 heavy (non-hydrogen) atoms. The summed E-state index contributed by atoms with van der Waals surface area (Å²) < 4.78 is 0. The van der Waals surface area contributed by atoms with Crippen molar-refractivity contribution in [2.24, 2.45) is 5.41 Å². The van der Waals surface area contributed by atoms with Crippen LogP contribution in [0.2, 0.25) is 0 Å². The average Bonchev–Trinajstić information content (AvgIpc) is 3.68. The number of benzene rings is 1. The molecule has 1 aromatic carbocycles. The molecule has 0 aliphatic carbocycles. The number of nitrogens with one attached hydrogen (secondary N) is 3. The molecule has 1 aliphatic rings. The second-order valence-electron chi connectivity index (χ2n) is 14.3. The number of carboxylic acids is 1. The van der Waals surface area contributed by atoms with Crippen LogP contribution in [-0.2, 0) is 30.5 Å². The molecule has 12 nitrogen and oxygen atoms in total. The fourth-order valence-electron chi connectivity index (χ4n) is 6.01. The summed E-state index contributed by atoms with van der Waals surface area (Å²) in [7, 11) is 0. The second-order valence-corrected chi connectivity index (χ2v) is 15.1. The van der Waals surface area contributed by atoms with E-state index in [9.17, 15) is 29.1 Å². The van der Waals surface area contributed by atoms with Gasteiger partial charge in [-0.05, 0) is 49.1 Å². The van der Waals surface area contributed by atoms with E-state index in [4.69, 9.17) is 5.11 Å². The Morgan fingerprint density at radius 1 is 0.900 bits per heavy atom. The molecular weight excluding hydrogens is 659 g/mol. The number of carbonyl (C=O) groups excluding carboxylic acids is 4. The van der Waals surface area contributed by atoms with Crippen molar-refractivity contribution in [2.45, 2.75) is 129 Å². The number of nitrogens with zero attached hydrogens (tertiary/aromatic N) is 2. The van der Waals surface area contributed by atoms with Gasteiger partial charge in [-0.15, -0.1) is 11.3 Å². The zero-order valence-corrected chi connectivity index (χ0v) is 30.8. The Morgan fingerprint density at radius 3 is 2.12 bits per heavy atom. The summed E-state index contributed by atoms with van der Waals surface area (Å²) in [6.45, 7) is 8.38. The number of likely N-dealkylation sites (tertiary alicyclic amines) is 1. The van der Waals surface area contributed by atoms with Gasteiger partial charge in [-0.25, -0.2) is 4.98 Å². The van der Waals surface area contributed by atoms with E-state index in [1.807, 2.05) is 57.5 Å². The smallest absolute Gasteiger partial charge is 0.303 e. The van der Waals surface area contributed by atoms with Crippen LogP contribution < -0.4 is 16.0 Å². The van der Waals surface area contributed by atoms with E-state index in [2.05, 4.69) is 20.9 Å². The van der Waals surface area contributed by atoms with Crippen LogP contribution in [0.5, 0.6) is 0 Å². The van der Waals surface area contributed by atoms with Gasteiger partial charge < -0.3 is 31.1 Å². The molecule has 3 rings (SSSR count). The number of aryl methyl sites for hydroxylation is 1. The highest BCUT2D eigenvalue weighted by molar-refractivity contribution is 7.13. The maximum absolute atomic E-state index is 13.8. The first kappa shape index (κ1) is 40.6. The quantitative estimate of drug-likeness (QED) is 0.122. The number of amides is 4. The van der Waals surface area contributed by atoms with Crippen LogP contribution >= 0.6 is 11.3 Å². The molecular formula is C37H55N5O7S. The zero-order chi connectivity index (χ0) is 36.7. The molecule has 13 heteroatoms. The van der Waals surface area contributed by atoms with Gasteiger partial charge in [0.05, 0.1) is 22.2 Å². The average molecular weight is 714 g/mol. The number of aliphatic carboxylic acids is 1. The molecule has 3 unspecified atom stereocenters. The van der Waals surface area contributed by atoms with Crippen LogP contribution in [0.3, 0.4) is 0 Å². The maximum Gasteiger partial charge on any atom is 0.303 e. The van der Waals surface area contributed by atoms with Crippen molar-refractivity contribution < 1.29 is 34.2 Å². The summed E-state index contributed by atoms with van der Waals surface area (Å²) in [5.41, 5.74) is 4.13. The maximum atomic E-state index is 13.8. The molecule has 1 fully saturated rings. The second kappa shape index (κ2) is 20.1. The van der Waals surface area contributed by atoms with E-state index in [0.29, 0.717) is 32.2 Å². The molecule has 0 bridgehead atoms. The molecule has 5 N–H and O–H groups in total. The van der Waals surface area contributed by atoms with E-state index < -0.39 is 29.6 Å². The number of aliphatic hydroxyl groups excluding tert-OH is 1. The predicted molar refractivity (Wildman–Crippen MR) is 193 cm³/mol. The van der Waals surface area contributed by atoms with Crippen molar-refractivity contribution in [1.82, 2.24) is 25.8 Å². The normalized spacial score (nSPS) is 16.5. The topological polar surface area (TPSA) is 178 Å². The third kappa shape index (κ3) is 13.5. The van der Waals surface area contributed by atoms with Crippen LogP contribution in [0.1, 0.15) is 109 Å². The highest BCUT2D eigenvalue weighted by Crippen LogP contribution is 2.28. The number of aliphatic hydroxyl groups is 1. The molecule has 276 valence electrons. The summed E-state index contributed by atoms with van der Waals surface area (Å²) in [6, 6.07) is 6.19. The number of hydrogen-bond donors (Lipinski definition) is 5. The molecule has 4 amide bonds. The van der Waals surface area contributed by atoms with Gasteiger partial charge in [0.15, 0.2) is 0 Å². The number of rotatable bonds is 20. The first-order chi connectivity index (χ1) is 23.8. The Bertz CT molecular complexity index is 1420. The van der Waals surface area contributed by atoms with Gasteiger partial charge in [0.2, 0.25) is 23.6 Å². The standard InChI is InChI=1S/C37H55N5O7S/c1-25-33(50-24-40-25)27-18-16-26(17-19-27)22-39-35(48)29-21-28(43)23-42(29)36(49)34(37(2,3)4)41-31(45)14-10-8-6-5-7-9-13-30(44)38-20-12-11-15-32(46)47/h16-19,24,28-29,34,43H,5-15,20-23H2,1-4H3,(H,38,44)(H,39,48)(H,41,45)(H,46,47). The van der Waals surface area contributed by atoms with E-state index in [-0.39, 0.29) is 56.0 Å². The molecule has 1 saturated heterocycles. The SMILES string of the molecule is Cc1ncsc1-c1ccc(CNC(=O)C2CC(O)CN2C(=O)C(NC(=O)CCCCCCCCC(=O)NCCCCC(=O)O)C(C)(C)C)cc1. The fraction of sp³-hybridized carbons (Fsp3) is 0.622. The first-order valence-electron chi connectivity index (χ1n) is 17.8. The number of carbonyl (C=O) groups is 5. The fourth-order valence-corrected chi connectivity index (χ4v) is 6.82. The van der Waals surface area contributed by atoms with E-state index >= 15 is 0 Å². The highest BCUT2D eigenvalue weighted by atomic mass is 32.1. The summed E-state index contributed by atoms with van der Waals surface area (Å²) in [6.07, 6.45) is 6.44. The predicted octanol–water partition coefficient (Wildman–Crippen LogP) is 4.72. The molecule has 1 aliphatic heterocycles. The molecule has 0 radical (unpaired) electrons. The van der Waals surface area contributed by atoms with Gasteiger partial charge in [-0.3, -0.25) is 24.0 Å². The summed E-state index contributed by atoms with van der Waals surface area (Å²) in [4.78, 5) is 69.4. The lowest BCUT2D eigenvalue weighted by atomic mass is 9.85. The molecule has 1 aromatic heterocycles.